The number of nitro groups is 1. The molecule has 0 saturated heterocycles. The highest BCUT2D eigenvalue weighted by Crippen LogP contribution is 2.33. The Balaban J connectivity index is 2.37. The quantitative estimate of drug-likeness (QED) is 0.663. The molecule has 0 aromatic carbocycles. The average molecular weight is 291 g/mol. The Kier molecular flexibility index (Phi) is 4.34. The number of rotatable bonds is 5. The van der Waals surface area contributed by atoms with Crippen LogP contribution < -0.4 is 5.32 Å². The number of anilines is 1. The molecule has 106 valence electrons. The van der Waals surface area contributed by atoms with Gasteiger partial charge in [-0.15, -0.1) is 11.3 Å². The summed E-state index contributed by atoms with van der Waals surface area (Å²) in [6, 6.07) is 5.68. The molecule has 0 aliphatic carbocycles. The van der Waals surface area contributed by atoms with E-state index in [9.17, 15) is 10.1 Å². The predicted molar refractivity (Wildman–Crippen MR) is 81.1 cm³/mol. The molecule has 2 heterocycles. The first-order valence-corrected chi connectivity index (χ1v) is 7.28. The summed E-state index contributed by atoms with van der Waals surface area (Å²) >= 11 is 1.64. The molecule has 0 saturated carbocycles. The van der Waals surface area contributed by atoms with Crippen LogP contribution in [0.15, 0.2) is 29.8 Å². The molecule has 2 aromatic rings. The molecule has 2 rings (SSSR count). The van der Waals surface area contributed by atoms with E-state index in [0.29, 0.717) is 17.3 Å². The molecule has 5 nitrogen and oxygen atoms in total. The lowest BCUT2D eigenvalue weighted by Crippen LogP contribution is -2.17. The van der Waals surface area contributed by atoms with Crippen molar-refractivity contribution in [3.05, 3.63) is 50.3 Å². The smallest absolute Gasteiger partial charge is 0.314 e. The second-order valence-electron chi connectivity index (χ2n) is 4.96. The Bertz CT molecular complexity index is 596. The lowest BCUT2D eigenvalue weighted by molar-refractivity contribution is -0.384. The number of aryl methyl sites for hydroxylation is 1. The molecule has 0 aliphatic rings. The fourth-order valence-electron chi connectivity index (χ4n) is 2.07. The molecule has 1 atom stereocenters. The largest absolute Gasteiger partial charge is 0.356 e. The zero-order valence-electron chi connectivity index (χ0n) is 11.7. The first kappa shape index (κ1) is 14.5. The van der Waals surface area contributed by atoms with Crippen molar-refractivity contribution in [2.24, 2.45) is 5.92 Å². The van der Waals surface area contributed by atoms with Crippen LogP contribution in [0.25, 0.3) is 0 Å². The minimum absolute atomic E-state index is 0.0167. The topological polar surface area (TPSA) is 68.1 Å². The van der Waals surface area contributed by atoms with Crippen LogP contribution in [0.4, 0.5) is 11.5 Å². The Morgan fingerprint density at radius 2 is 2.15 bits per heavy atom. The molecular formula is C14H17N3O2S. The normalized spacial score (nSPS) is 12.4. The highest BCUT2D eigenvalue weighted by molar-refractivity contribution is 7.10. The molecular weight excluding hydrogens is 274 g/mol. The van der Waals surface area contributed by atoms with Crippen LogP contribution in [-0.4, -0.2) is 9.91 Å². The first-order valence-electron chi connectivity index (χ1n) is 6.40. The zero-order valence-corrected chi connectivity index (χ0v) is 12.5. The van der Waals surface area contributed by atoms with Gasteiger partial charge in [0.2, 0.25) is 5.82 Å². The Labute approximate surface area is 121 Å². The van der Waals surface area contributed by atoms with Gasteiger partial charge in [0.15, 0.2) is 0 Å². The van der Waals surface area contributed by atoms with Gasteiger partial charge in [0, 0.05) is 16.6 Å². The second kappa shape index (κ2) is 6.00. The van der Waals surface area contributed by atoms with Crippen LogP contribution >= 0.6 is 11.3 Å². The minimum atomic E-state index is -0.378. The molecule has 2 aromatic heterocycles. The van der Waals surface area contributed by atoms with Crippen LogP contribution in [0.3, 0.4) is 0 Å². The number of pyridine rings is 1. The molecule has 20 heavy (non-hydrogen) atoms. The van der Waals surface area contributed by atoms with E-state index in [2.05, 4.69) is 24.1 Å². The minimum Gasteiger partial charge on any atom is -0.356 e. The predicted octanol–water partition coefficient (Wildman–Crippen LogP) is 4.17. The highest BCUT2D eigenvalue weighted by Gasteiger charge is 2.24. The van der Waals surface area contributed by atoms with Gasteiger partial charge in [0.05, 0.1) is 11.0 Å². The molecule has 0 radical (unpaired) electrons. The molecule has 1 unspecified atom stereocenters. The van der Waals surface area contributed by atoms with Crippen molar-refractivity contribution >= 4 is 22.8 Å². The monoisotopic (exact) mass is 291 g/mol. The van der Waals surface area contributed by atoms with E-state index in [1.807, 2.05) is 17.5 Å². The number of aromatic nitrogens is 1. The van der Waals surface area contributed by atoms with E-state index < -0.39 is 0 Å². The lowest BCUT2D eigenvalue weighted by Gasteiger charge is -2.21. The van der Waals surface area contributed by atoms with Gasteiger partial charge < -0.3 is 5.32 Å². The summed E-state index contributed by atoms with van der Waals surface area (Å²) in [6.45, 7) is 5.89. The summed E-state index contributed by atoms with van der Waals surface area (Å²) in [5.41, 5.74) is 0.663. The molecule has 0 amide bonds. The third kappa shape index (κ3) is 2.96. The van der Waals surface area contributed by atoms with E-state index in [1.165, 1.54) is 0 Å². The van der Waals surface area contributed by atoms with E-state index in [4.69, 9.17) is 0 Å². The number of nitrogens with one attached hydrogen (secondary N) is 1. The van der Waals surface area contributed by atoms with E-state index >= 15 is 0 Å². The van der Waals surface area contributed by atoms with E-state index in [1.54, 1.807) is 30.5 Å². The van der Waals surface area contributed by atoms with Crippen LogP contribution in [-0.2, 0) is 0 Å². The maximum Gasteiger partial charge on any atom is 0.314 e. The molecule has 1 N–H and O–H groups in total. The molecule has 0 spiro atoms. The Morgan fingerprint density at radius 3 is 2.70 bits per heavy atom. The van der Waals surface area contributed by atoms with Crippen molar-refractivity contribution in [3.63, 3.8) is 0 Å². The third-order valence-corrected chi connectivity index (χ3v) is 4.07. The Morgan fingerprint density at radius 1 is 1.40 bits per heavy atom. The average Bonchev–Trinajstić information content (AvgIpc) is 2.88. The standard InChI is InChI=1S/C14H17N3O2S/c1-9(2)12(11-5-4-8-20-11)16-14-13(17(18)19)10(3)6-7-15-14/h4-9,12H,1-3H3,(H,15,16). The SMILES string of the molecule is Cc1ccnc(NC(c2cccs2)C(C)C)c1[N+](=O)[O-]. The zero-order chi connectivity index (χ0) is 14.7. The van der Waals surface area contributed by atoms with E-state index in [0.717, 1.165) is 4.88 Å². The van der Waals surface area contributed by atoms with Crippen molar-refractivity contribution in [2.45, 2.75) is 26.8 Å². The molecule has 6 heteroatoms. The van der Waals surface area contributed by atoms with Gasteiger partial charge in [0.1, 0.15) is 0 Å². The number of thiophene rings is 1. The Hall–Kier alpha value is -1.95. The lowest BCUT2D eigenvalue weighted by atomic mass is 10.0. The molecule has 0 bridgehead atoms. The second-order valence-corrected chi connectivity index (χ2v) is 5.94. The van der Waals surface area contributed by atoms with Crippen molar-refractivity contribution in [1.29, 1.82) is 0 Å². The van der Waals surface area contributed by atoms with Crippen LogP contribution in [0, 0.1) is 23.0 Å². The summed E-state index contributed by atoms with van der Waals surface area (Å²) in [6.07, 6.45) is 1.59. The number of nitrogens with zero attached hydrogens (tertiary/aromatic N) is 2. The van der Waals surface area contributed by atoms with Gasteiger partial charge in [-0.1, -0.05) is 19.9 Å². The summed E-state index contributed by atoms with van der Waals surface area (Å²) in [5, 5.41) is 16.4. The van der Waals surface area contributed by atoms with Crippen molar-refractivity contribution < 1.29 is 4.92 Å². The highest BCUT2D eigenvalue weighted by atomic mass is 32.1. The third-order valence-electron chi connectivity index (χ3n) is 3.12. The maximum atomic E-state index is 11.2. The van der Waals surface area contributed by atoms with Crippen molar-refractivity contribution in [2.75, 3.05) is 5.32 Å². The molecule has 0 fully saturated rings. The fraction of sp³-hybridized carbons (Fsp3) is 0.357. The van der Waals surface area contributed by atoms with Gasteiger partial charge in [-0.3, -0.25) is 10.1 Å². The van der Waals surface area contributed by atoms with Crippen LogP contribution in [0.1, 0.15) is 30.3 Å². The van der Waals surface area contributed by atoms with Crippen LogP contribution in [0.2, 0.25) is 0 Å². The number of hydrogen-bond acceptors (Lipinski definition) is 5. The van der Waals surface area contributed by atoms with Crippen LogP contribution in [0.5, 0.6) is 0 Å². The summed E-state index contributed by atoms with van der Waals surface area (Å²) in [5.74, 6) is 0.637. The van der Waals surface area contributed by atoms with E-state index in [-0.39, 0.29) is 16.7 Å². The molecule has 0 aliphatic heterocycles. The summed E-state index contributed by atoms with van der Waals surface area (Å²) < 4.78 is 0. The summed E-state index contributed by atoms with van der Waals surface area (Å²) in [7, 11) is 0. The van der Waals surface area contributed by atoms with Gasteiger partial charge in [-0.2, -0.15) is 0 Å². The van der Waals surface area contributed by atoms with Crippen molar-refractivity contribution in [3.8, 4) is 0 Å². The summed E-state index contributed by atoms with van der Waals surface area (Å²) in [4.78, 5) is 16.1. The van der Waals surface area contributed by atoms with Gasteiger partial charge in [0.25, 0.3) is 0 Å². The number of hydrogen-bond donors (Lipinski definition) is 1. The van der Waals surface area contributed by atoms with Crippen molar-refractivity contribution in [1.82, 2.24) is 4.98 Å². The van der Waals surface area contributed by atoms with Gasteiger partial charge >= 0.3 is 5.69 Å². The van der Waals surface area contributed by atoms with Gasteiger partial charge in [-0.05, 0) is 30.4 Å². The first-order chi connectivity index (χ1) is 9.50. The maximum absolute atomic E-state index is 11.2. The van der Waals surface area contributed by atoms with Gasteiger partial charge in [-0.25, -0.2) is 4.98 Å². The fourth-order valence-corrected chi connectivity index (χ4v) is 3.02.